The summed E-state index contributed by atoms with van der Waals surface area (Å²) < 4.78 is 64.0. The van der Waals surface area contributed by atoms with Gasteiger partial charge in [-0.25, -0.2) is 0 Å². The van der Waals surface area contributed by atoms with Crippen molar-refractivity contribution in [2.24, 2.45) is 0 Å². The minimum atomic E-state index is -0.877. The summed E-state index contributed by atoms with van der Waals surface area (Å²) in [5, 5.41) is 8.47. The molecule has 0 aliphatic carbocycles. The van der Waals surface area contributed by atoms with E-state index in [-0.39, 0.29) is 19.6 Å². The molecule has 0 amide bonds. The van der Waals surface area contributed by atoms with Gasteiger partial charge in [0, 0.05) is 0 Å². The fourth-order valence-electron chi connectivity index (χ4n) is 2.71. The van der Waals surface area contributed by atoms with E-state index in [0.717, 1.165) is 0 Å². The molecule has 0 saturated heterocycles. The van der Waals surface area contributed by atoms with E-state index < -0.39 is 5.97 Å². The third-order valence-corrected chi connectivity index (χ3v) is 4.74. The molecule has 0 aromatic rings. The molecule has 0 saturated carbocycles. The van der Waals surface area contributed by atoms with Gasteiger partial charge < -0.3 is 66.7 Å². The average Bonchev–Trinajstić information content (AvgIpc) is 2.98. The average molecular weight is 617 g/mol. The summed E-state index contributed by atoms with van der Waals surface area (Å²) in [7, 11) is 0. The first kappa shape index (κ1) is 40.7. The Balaban J connectivity index is 3.04. The molecule has 0 atom stereocenters. The van der Waals surface area contributed by atoms with Gasteiger partial charge in [0.15, 0.2) is 0 Å². The number of carbonyl (C=O) groups excluding carboxylic acids is 1. The maximum atomic E-state index is 10.3. The first-order chi connectivity index (χ1) is 20.8. The highest BCUT2D eigenvalue weighted by Gasteiger charge is 1.98. The summed E-state index contributed by atoms with van der Waals surface area (Å²) in [5.74, 6) is -0.877. The third-order valence-electron chi connectivity index (χ3n) is 4.74. The van der Waals surface area contributed by atoms with Crippen LogP contribution in [-0.2, 0) is 66.4 Å². The van der Waals surface area contributed by atoms with Crippen LogP contribution in [0.4, 0.5) is 0 Å². The molecule has 0 aromatic heterocycles. The minimum absolute atomic E-state index is 0.00451. The minimum Gasteiger partial charge on any atom is -0.481 e. The standard InChI is InChI=1S/C27H52O15/c28-2-4-32-6-8-34-10-12-36-14-16-38-18-20-40-22-24-42-26-25-41-23-21-39-19-17-37-15-13-35-11-9-33-7-5-31-3-1-27(29)30/h2H,1,3-26H2,(H,29,30). The van der Waals surface area contributed by atoms with Crippen molar-refractivity contribution < 1.29 is 71.5 Å². The van der Waals surface area contributed by atoms with E-state index in [9.17, 15) is 9.59 Å². The second-order valence-electron chi connectivity index (χ2n) is 8.12. The summed E-state index contributed by atoms with van der Waals surface area (Å²) in [4.78, 5) is 20.4. The predicted octanol–water partition coefficient (Wildman–Crippen LogP) is -0.141. The molecule has 42 heavy (non-hydrogen) atoms. The normalized spacial score (nSPS) is 11.3. The Kier molecular flexibility index (Phi) is 36.5. The largest absolute Gasteiger partial charge is 0.481 e. The third kappa shape index (κ3) is 38.7. The van der Waals surface area contributed by atoms with E-state index >= 15 is 0 Å². The van der Waals surface area contributed by atoms with Crippen LogP contribution in [0.1, 0.15) is 6.42 Å². The number of ether oxygens (including phenoxy) is 12. The van der Waals surface area contributed by atoms with Crippen molar-refractivity contribution in [2.75, 3.05) is 159 Å². The molecule has 0 spiro atoms. The fourth-order valence-corrected chi connectivity index (χ4v) is 2.71. The van der Waals surface area contributed by atoms with Gasteiger partial charge in [0.2, 0.25) is 0 Å². The molecule has 0 aliphatic heterocycles. The van der Waals surface area contributed by atoms with Crippen molar-refractivity contribution in [2.45, 2.75) is 6.42 Å². The Bertz CT molecular complexity index is 542. The van der Waals surface area contributed by atoms with Crippen molar-refractivity contribution in [1.82, 2.24) is 0 Å². The van der Waals surface area contributed by atoms with E-state index in [1.54, 1.807) is 0 Å². The monoisotopic (exact) mass is 616 g/mol. The molecule has 0 heterocycles. The van der Waals surface area contributed by atoms with Crippen molar-refractivity contribution in [3.63, 3.8) is 0 Å². The summed E-state index contributed by atoms with van der Waals surface area (Å²) >= 11 is 0. The van der Waals surface area contributed by atoms with Crippen molar-refractivity contribution in [3.05, 3.63) is 0 Å². The van der Waals surface area contributed by atoms with E-state index in [1.807, 2.05) is 0 Å². The van der Waals surface area contributed by atoms with Crippen LogP contribution < -0.4 is 0 Å². The molecule has 250 valence electrons. The SMILES string of the molecule is O=CCOCCOCCOCCOCCOCCOCCOCCOCCOCCOCCOCCOCCC(=O)O. The zero-order valence-electron chi connectivity index (χ0n) is 24.9. The maximum absolute atomic E-state index is 10.3. The molecule has 0 rings (SSSR count). The Labute approximate surface area is 249 Å². The number of rotatable bonds is 38. The number of aldehydes is 1. The summed E-state index contributed by atoms with van der Waals surface area (Å²) in [6, 6.07) is 0. The lowest BCUT2D eigenvalue weighted by molar-refractivity contribution is -0.138. The van der Waals surface area contributed by atoms with E-state index in [0.29, 0.717) is 152 Å². The Morgan fingerprint density at radius 1 is 0.357 bits per heavy atom. The number of carbonyl (C=O) groups is 2. The van der Waals surface area contributed by atoms with Crippen LogP contribution in [0.5, 0.6) is 0 Å². The predicted molar refractivity (Wildman–Crippen MR) is 148 cm³/mol. The second kappa shape index (κ2) is 37.7. The van der Waals surface area contributed by atoms with Gasteiger partial charge in [0.05, 0.1) is 158 Å². The lowest BCUT2D eigenvalue weighted by Crippen LogP contribution is -2.15. The summed E-state index contributed by atoms with van der Waals surface area (Å²) in [5.41, 5.74) is 0. The van der Waals surface area contributed by atoms with Crippen LogP contribution in [0, 0.1) is 0 Å². The summed E-state index contributed by atoms with van der Waals surface area (Å²) in [6.45, 7) is 10.5. The van der Waals surface area contributed by atoms with Crippen molar-refractivity contribution >= 4 is 12.3 Å². The van der Waals surface area contributed by atoms with E-state index in [2.05, 4.69) is 0 Å². The molecule has 15 nitrogen and oxygen atoms in total. The smallest absolute Gasteiger partial charge is 0.305 e. The molecule has 0 bridgehead atoms. The fraction of sp³-hybridized carbons (Fsp3) is 0.926. The first-order valence-corrected chi connectivity index (χ1v) is 14.4. The van der Waals surface area contributed by atoms with Gasteiger partial charge in [0.25, 0.3) is 0 Å². The van der Waals surface area contributed by atoms with E-state index in [1.165, 1.54) is 0 Å². The first-order valence-electron chi connectivity index (χ1n) is 14.4. The Morgan fingerprint density at radius 3 is 0.738 bits per heavy atom. The zero-order chi connectivity index (χ0) is 30.4. The van der Waals surface area contributed by atoms with Crippen LogP contribution in [0.15, 0.2) is 0 Å². The number of aliphatic carboxylic acids is 1. The molecular weight excluding hydrogens is 564 g/mol. The molecule has 15 heteroatoms. The van der Waals surface area contributed by atoms with Crippen LogP contribution in [0.3, 0.4) is 0 Å². The highest BCUT2D eigenvalue weighted by atomic mass is 16.6. The number of hydrogen-bond acceptors (Lipinski definition) is 14. The van der Waals surface area contributed by atoms with Gasteiger partial charge in [-0.1, -0.05) is 0 Å². The Hall–Kier alpha value is -1.34. The molecule has 0 aliphatic rings. The summed E-state index contributed by atoms with van der Waals surface area (Å²) in [6.07, 6.45) is 0.702. The maximum Gasteiger partial charge on any atom is 0.305 e. The topological polar surface area (TPSA) is 165 Å². The van der Waals surface area contributed by atoms with Gasteiger partial charge in [-0.3, -0.25) is 4.79 Å². The van der Waals surface area contributed by atoms with Crippen molar-refractivity contribution in [1.29, 1.82) is 0 Å². The molecule has 0 fully saturated rings. The molecular formula is C27H52O15. The number of hydrogen-bond donors (Lipinski definition) is 1. The van der Waals surface area contributed by atoms with Gasteiger partial charge in [-0.15, -0.1) is 0 Å². The lowest BCUT2D eigenvalue weighted by Gasteiger charge is -2.09. The lowest BCUT2D eigenvalue weighted by atomic mass is 10.5. The quantitative estimate of drug-likeness (QED) is 0.0719. The van der Waals surface area contributed by atoms with Crippen LogP contribution >= 0.6 is 0 Å². The highest BCUT2D eigenvalue weighted by Crippen LogP contribution is 1.88. The number of carboxylic acid groups (broad SMARTS) is 1. The van der Waals surface area contributed by atoms with Gasteiger partial charge in [-0.05, 0) is 0 Å². The van der Waals surface area contributed by atoms with Gasteiger partial charge in [-0.2, -0.15) is 0 Å². The van der Waals surface area contributed by atoms with Gasteiger partial charge >= 0.3 is 5.97 Å². The molecule has 0 radical (unpaired) electrons. The van der Waals surface area contributed by atoms with Crippen LogP contribution in [0.25, 0.3) is 0 Å². The Morgan fingerprint density at radius 2 is 0.548 bits per heavy atom. The van der Waals surface area contributed by atoms with E-state index in [4.69, 9.17) is 61.9 Å². The molecule has 1 N–H and O–H groups in total. The number of carboxylic acids is 1. The van der Waals surface area contributed by atoms with Crippen LogP contribution in [-0.4, -0.2) is 176 Å². The van der Waals surface area contributed by atoms with Gasteiger partial charge in [0.1, 0.15) is 12.9 Å². The molecule has 0 aromatic carbocycles. The zero-order valence-corrected chi connectivity index (χ0v) is 24.9. The van der Waals surface area contributed by atoms with Crippen LogP contribution in [0.2, 0.25) is 0 Å². The highest BCUT2D eigenvalue weighted by molar-refractivity contribution is 5.66. The van der Waals surface area contributed by atoms with Crippen molar-refractivity contribution in [3.8, 4) is 0 Å². The second-order valence-corrected chi connectivity index (χ2v) is 8.12. The molecule has 0 unspecified atom stereocenters.